The first-order valence-electron chi connectivity index (χ1n) is 7.87. The number of carbonyl (C=O) groups excluding carboxylic acids is 2. The van der Waals surface area contributed by atoms with Crippen molar-refractivity contribution in [2.45, 2.75) is 26.8 Å². The highest BCUT2D eigenvalue weighted by molar-refractivity contribution is 5.96. The van der Waals surface area contributed by atoms with E-state index < -0.39 is 5.97 Å². The van der Waals surface area contributed by atoms with Crippen molar-refractivity contribution in [1.82, 2.24) is 5.32 Å². The molecule has 0 heterocycles. The monoisotopic (exact) mass is 325 g/mol. The fourth-order valence-electron chi connectivity index (χ4n) is 2.54. The van der Waals surface area contributed by atoms with Gasteiger partial charge >= 0.3 is 5.97 Å². The molecule has 0 radical (unpaired) electrons. The van der Waals surface area contributed by atoms with Crippen molar-refractivity contribution in [3.05, 3.63) is 71.3 Å². The second-order valence-electron chi connectivity index (χ2n) is 6.75. The molecule has 0 aromatic heterocycles. The number of rotatable bonds is 4. The number of benzene rings is 2. The van der Waals surface area contributed by atoms with E-state index in [1.165, 1.54) is 7.11 Å². The number of ether oxygens (including phenoxy) is 1. The van der Waals surface area contributed by atoms with Crippen LogP contribution in [0.4, 0.5) is 0 Å². The van der Waals surface area contributed by atoms with Crippen molar-refractivity contribution in [2.24, 2.45) is 5.41 Å². The van der Waals surface area contributed by atoms with E-state index in [-0.39, 0.29) is 17.4 Å². The van der Waals surface area contributed by atoms with Gasteiger partial charge in [-0.1, -0.05) is 51.1 Å². The van der Waals surface area contributed by atoms with E-state index in [1.54, 1.807) is 24.3 Å². The van der Waals surface area contributed by atoms with Gasteiger partial charge in [0.1, 0.15) is 0 Å². The van der Waals surface area contributed by atoms with Crippen LogP contribution in [-0.2, 0) is 4.74 Å². The molecule has 0 saturated carbocycles. The Hall–Kier alpha value is -2.62. The zero-order valence-corrected chi connectivity index (χ0v) is 14.5. The zero-order chi connectivity index (χ0) is 17.7. The Labute approximate surface area is 142 Å². The molecule has 2 aromatic rings. The number of carbonyl (C=O) groups is 2. The van der Waals surface area contributed by atoms with Crippen molar-refractivity contribution in [2.75, 3.05) is 7.11 Å². The number of hydrogen-bond acceptors (Lipinski definition) is 3. The van der Waals surface area contributed by atoms with Gasteiger partial charge < -0.3 is 10.1 Å². The summed E-state index contributed by atoms with van der Waals surface area (Å²) in [5, 5.41) is 3.10. The second kappa shape index (κ2) is 7.30. The fourth-order valence-corrected chi connectivity index (χ4v) is 2.54. The van der Waals surface area contributed by atoms with Gasteiger partial charge in [0.2, 0.25) is 0 Å². The Balaban J connectivity index is 2.21. The third-order valence-corrected chi connectivity index (χ3v) is 3.84. The van der Waals surface area contributed by atoms with Gasteiger partial charge in [0.25, 0.3) is 5.91 Å². The number of nitrogens with one attached hydrogen (secondary N) is 1. The Morgan fingerprint density at radius 2 is 1.46 bits per heavy atom. The van der Waals surface area contributed by atoms with E-state index >= 15 is 0 Å². The number of hydrogen-bond donors (Lipinski definition) is 1. The highest BCUT2D eigenvalue weighted by atomic mass is 16.5. The summed E-state index contributed by atoms with van der Waals surface area (Å²) in [5.41, 5.74) is 1.85. The van der Waals surface area contributed by atoms with Crippen molar-refractivity contribution in [3.8, 4) is 0 Å². The molecule has 4 nitrogen and oxygen atoms in total. The van der Waals surface area contributed by atoms with Gasteiger partial charge in [-0.2, -0.15) is 0 Å². The summed E-state index contributed by atoms with van der Waals surface area (Å²) in [4.78, 5) is 24.1. The fraction of sp³-hybridized carbons (Fsp3) is 0.300. The van der Waals surface area contributed by atoms with E-state index in [1.807, 2.05) is 30.3 Å². The maximum absolute atomic E-state index is 12.6. The maximum Gasteiger partial charge on any atom is 0.337 e. The summed E-state index contributed by atoms with van der Waals surface area (Å²) in [6, 6.07) is 16.2. The van der Waals surface area contributed by atoms with E-state index in [0.29, 0.717) is 11.1 Å². The van der Waals surface area contributed by atoms with Crippen LogP contribution in [0.15, 0.2) is 54.6 Å². The van der Waals surface area contributed by atoms with Gasteiger partial charge in [0.05, 0.1) is 18.7 Å². The average Bonchev–Trinajstić information content (AvgIpc) is 2.58. The number of amides is 1. The molecule has 1 atom stereocenters. The van der Waals surface area contributed by atoms with Gasteiger partial charge in [-0.25, -0.2) is 4.79 Å². The first-order chi connectivity index (χ1) is 11.3. The van der Waals surface area contributed by atoms with Gasteiger partial charge in [0, 0.05) is 5.56 Å². The molecule has 0 saturated heterocycles. The van der Waals surface area contributed by atoms with Crippen molar-refractivity contribution >= 4 is 11.9 Å². The Morgan fingerprint density at radius 3 is 1.96 bits per heavy atom. The molecular formula is C20H23NO3. The molecule has 0 bridgehead atoms. The van der Waals surface area contributed by atoms with E-state index in [4.69, 9.17) is 0 Å². The summed E-state index contributed by atoms with van der Waals surface area (Å²) in [5.74, 6) is -0.589. The van der Waals surface area contributed by atoms with E-state index in [9.17, 15) is 9.59 Å². The van der Waals surface area contributed by atoms with Crippen molar-refractivity contribution in [3.63, 3.8) is 0 Å². The summed E-state index contributed by atoms with van der Waals surface area (Å²) in [6.07, 6.45) is 0. The average molecular weight is 325 g/mol. The predicted molar refractivity (Wildman–Crippen MR) is 93.9 cm³/mol. The van der Waals surface area contributed by atoms with Crippen LogP contribution in [0.3, 0.4) is 0 Å². The maximum atomic E-state index is 12.6. The van der Waals surface area contributed by atoms with Crippen molar-refractivity contribution in [1.29, 1.82) is 0 Å². The Kier molecular flexibility index (Phi) is 5.39. The van der Waals surface area contributed by atoms with Gasteiger partial charge in [-0.3, -0.25) is 4.79 Å². The molecule has 1 N–H and O–H groups in total. The quantitative estimate of drug-likeness (QED) is 0.865. The van der Waals surface area contributed by atoms with Crippen LogP contribution in [0.1, 0.15) is 53.1 Å². The first-order valence-corrected chi connectivity index (χ1v) is 7.87. The topological polar surface area (TPSA) is 55.4 Å². The lowest BCUT2D eigenvalue weighted by atomic mass is 9.82. The van der Waals surface area contributed by atoms with Gasteiger partial charge in [-0.05, 0) is 35.2 Å². The summed E-state index contributed by atoms with van der Waals surface area (Å²) >= 11 is 0. The molecule has 24 heavy (non-hydrogen) atoms. The molecule has 0 aliphatic rings. The molecule has 0 fully saturated rings. The third-order valence-electron chi connectivity index (χ3n) is 3.84. The summed E-state index contributed by atoms with van der Waals surface area (Å²) < 4.78 is 4.66. The van der Waals surface area contributed by atoms with E-state index in [0.717, 1.165) is 5.56 Å². The molecule has 4 heteroatoms. The van der Waals surface area contributed by atoms with Crippen LogP contribution >= 0.6 is 0 Å². The van der Waals surface area contributed by atoms with Crippen LogP contribution in [0.5, 0.6) is 0 Å². The van der Waals surface area contributed by atoms with Gasteiger partial charge in [0.15, 0.2) is 0 Å². The van der Waals surface area contributed by atoms with Crippen molar-refractivity contribution < 1.29 is 14.3 Å². The minimum atomic E-state index is -0.418. The van der Waals surface area contributed by atoms with Crippen LogP contribution in [0.25, 0.3) is 0 Å². The van der Waals surface area contributed by atoms with Crippen LogP contribution < -0.4 is 5.32 Å². The highest BCUT2D eigenvalue weighted by Crippen LogP contribution is 2.32. The molecular weight excluding hydrogens is 302 g/mol. The van der Waals surface area contributed by atoms with Crippen LogP contribution in [0.2, 0.25) is 0 Å². The number of methoxy groups -OCH3 is 1. The minimum Gasteiger partial charge on any atom is -0.465 e. The summed E-state index contributed by atoms with van der Waals surface area (Å²) in [7, 11) is 1.33. The molecule has 0 unspecified atom stereocenters. The second-order valence-corrected chi connectivity index (χ2v) is 6.75. The Bertz CT molecular complexity index is 700. The lowest BCUT2D eigenvalue weighted by Gasteiger charge is -2.32. The molecule has 126 valence electrons. The van der Waals surface area contributed by atoms with E-state index in [2.05, 4.69) is 30.8 Å². The van der Waals surface area contributed by atoms with Crippen LogP contribution in [0, 0.1) is 5.41 Å². The Morgan fingerprint density at radius 1 is 0.917 bits per heavy atom. The van der Waals surface area contributed by atoms with Crippen LogP contribution in [-0.4, -0.2) is 19.0 Å². The molecule has 1 amide bonds. The zero-order valence-electron chi connectivity index (χ0n) is 14.5. The number of esters is 1. The molecule has 0 spiro atoms. The minimum absolute atomic E-state index is 0.119. The summed E-state index contributed by atoms with van der Waals surface area (Å²) in [6.45, 7) is 6.27. The molecule has 0 aliphatic heterocycles. The standard InChI is InChI=1S/C20H23NO3/c1-20(2,3)17(14-8-6-5-7-9-14)21-18(22)15-10-12-16(13-11-15)19(23)24-4/h5-13,17H,1-4H3,(H,21,22)/t17-/m1/s1. The highest BCUT2D eigenvalue weighted by Gasteiger charge is 2.28. The normalized spacial score (nSPS) is 12.3. The molecule has 2 aromatic carbocycles. The first kappa shape index (κ1) is 17.7. The molecule has 2 rings (SSSR count). The predicted octanol–water partition coefficient (Wildman–Crippen LogP) is 3.99. The third kappa shape index (κ3) is 4.22. The smallest absolute Gasteiger partial charge is 0.337 e. The largest absolute Gasteiger partial charge is 0.465 e. The SMILES string of the molecule is COC(=O)c1ccc(C(=O)N[C@H](c2ccccc2)C(C)(C)C)cc1. The molecule has 0 aliphatic carbocycles. The lowest BCUT2D eigenvalue weighted by Crippen LogP contribution is -2.36. The lowest BCUT2D eigenvalue weighted by molar-refractivity contribution is 0.0600. The van der Waals surface area contributed by atoms with Gasteiger partial charge in [-0.15, -0.1) is 0 Å².